The molecule has 5 rings (SSSR count). The predicted octanol–water partition coefficient (Wildman–Crippen LogP) is 3.01. The molecule has 2 N–H and O–H groups in total. The zero-order valence-electron chi connectivity index (χ0n) is 15.9. The van der Waals surface area contributed by atoms with Gasteiger partial charge in [0.05, 0.1) is 12.1 Å². The van der Waals surface area contributed by atoms with Crippen LogP contribution in [0.3, 0.4) is 0 Å². The molecule has 2 aromatic heterocycles. The van der Waals surface area contributed by atoms with E-state index in [9.17, 15) is 8.78 Å². The van der Waals surface area contributed by atoms with Crippen LogP contribution < -0.4 is 10.2 Å². The maximum atomic E-state index is 14.0. The van der Waals surface area contributed by atoms with E-state index in [1.807, 2.05) is 19.3 Å². The first-order valence-corrected chi connectivity index (χ1v) is 9.87. The standard InChI is InChI=1S/C20H24F2N6/c1-27-11-13(9-24-27)14-7-12-3-2-6-28(18(12)8-15(14)19(21)22)20-16-10-23-5-4-17(16)25-26-20/h7,9,11,15,19,23H,2-6,8,10H2,1H3,(H,25,26). The third-order valence-electron chi connectivity index (χ3n) is 6.05. The fourth-order valence-corrected chi connectivity index (χ4v) is 4.65. The molecule has 1 unspecified atom stereocenters. The highest BCUT2D eigenvalue weighted by molar-refractivity contribution is 5.73. The van der Waals surface area contributed by atoms with Gasteiger partial charge in [-0.3, -0.25) is 9.78 Å². The normalized spacial score (nSPS) is 22.4. The molecule has 0 spiro atoms. The summed E-state index contributed by atoms with van der Waals surface area (Å²) in [6, 6.07) is 0. The molecule has 0 radical (unpaired) electrons. The Kier molecular flexibility index (Phi) is 4.30. The average Bonchev–Trinajstić information content (AvgIpc) is 3.32. The second-order valence-corrected chi connectivity index (χ2v) is 7.81. The summed E-state index contributed by atoms with van der Waals surface area (Å²) >= 11 is 0. The summed E-state index contributed by atoms with van der Waals surface area (Å²) in [7, 11) is 1.81. The smallest absolute Gasteiger partial charge is 0.245 e. The molecule has 0 aromatic carbocycles. The van der Waals surface area contributed by atoms with E-state index in [1.54, 1.807) is 10.9 Å². The first-order chi connectivity index (χ1) is 13.6. The Morgan fingerprint density at radius 1 is 1.29 bits per heavy atom. The number of fused-ring (bicyclic) bond motifs is 1. The highest BCUT2D eigenvalue weighted by Gasteiger charge is 2.36. The third kappa shape index (κ3) is 2.87. The van der Waals surface area contributed by atoms with E-state index in [1.165, 1.54) is 5.56 Å². The number of hydrogen-bond donors (Lipinski definition) is 2. The minimum atomic E-state index is -2.42. The van der Waals surface area contributed by atoms with E-state index >= 15 is 0 Å². The molecular weight excluding hydrogens is 362 g/mol. The Labute approximate surface area is 162 Å². The molecular formula is C20H24F2N6. The summed E-state index contributed by atoms with van der Waals surface area (Å²) in [6.45, 7) is 2.53. The van der Waals surface area contributed by atoms with Crippen LogP contribution in [0.5, 0.6) is 0 Å². The van der Waals surface area contributed by atoms with Crippen molar-refractivity contribution in [1.29, 1.82) is 0 Å². The number of alkyl halides is 2. The van der Waals surface area contributed by atoms with Gasteiger partial charge in [0.15, 0.2) is 5.82 Å². The van der Waals surface area contributed by atoms with Crippen LogP contribution in [0.2, 0.25) is 0 Å². The van der Waals surface area contributed by atoms with Gasteiger partial charge in [-0.1, -0.05) is 6.08 Å². The van der Waals surface area contributed by atoms with Crippen molar-refractivity contribution in [3.8, 4) is 0 Å². The quantitative estimate of drug-likeness (QED) is 0.851. The van der Waals surface area contributed by atoms with Gasteiger partial charge in [-0.05, 0) is 24.0 Å². The topological polar surface area (TPSA) is 61.8 Å². The van der Waals surface area contributed by atoms with Gasteiger partial charge in [-0.2, -0.15) is 10.2 Å². The lowest BCUT2D eigenvalue weighted by atomic mass is 9.81. The first kappa shape index (κ1) is 17.6. The largest absolute Gasteiger partial charge is 0.328 e. The molecule has 148 valence electrons. The number of aromatic nitrogens is 4. The zero-order valence-corrected chi connectivity index (χ0v) is 15.9. The number of allylic oxidation sites excluding steroid dienone is 4. The molecule has 1 atom stereocenters. The maximum absolute atomic E-state index is 14.0. The van der Waals surface area contributed by atoms with Crippen molar-refractivity contribution in [2.24, 2.45) is 13.0 Å². The number of anilines is 1. The fraction of sp³-hybridized carbons (Fsp3) is 0.500. The molecule has 3 aliphatic rings. The molecule has 28 heavy (non-hydrogen) atoms. The predicted molar refractivity (Wildman–Crippen MR) is 103 cm³/mol. The molecule has 0 saturated carbocycles. The van der Waals surface area contributed by atoms with Gasteiger partial charge in [0, 0.05) is 68.2 Å². The van der Waals surface area contributed by atoms with Gasteiger partial charge in [-0.25, -0.2) is 8.78 Å². The summed E-state index contributed by atoms with van der Waals surface area (Å²) in [5, 5.41) is 15.3. The van der Waals surface area contributed by atoms with Crippen LogP contribution in [0.1, 0.15) is 36.1 Å². The molecule has 4 heterocycles. The third-order valence-corrected chi connectivity index (χ3v) is 6.05. The molecule has 0 saturated heterocycles. The molecule has 6 nitrogen and oxygen atoms in total. The molecule has 8 heteroatoms. The minimum Gasteiger partial charge on any atom is -0.328 e. The molecule has 1 aliphatic carbocycles. The van der Waals surface area contributed by atoms with Crippen LogP contribution >= 0.6 is 0 Å². The number of halogens is 2. The summed E-state index contributed by atoms with van der Waals surface area (Å²) < 4.78 is 29.7. The van der Waals surface area contributed by atoms with Crippen molar-refractivity contribution in [3.05, 3.63) is 46.6 Å². The SMILES string of the molecule is Cn1cc(C2=CC3=C(CC2C(F)F)N(c2n[nH]c4c2CNCC4)CCC3)cn1. The molecule has 0 amide bonds. The number of hydrogen-bond acceptors (Lipinski definition) is 4. The number of nitrogens with zero attached hydrogens (tertiary/aromatic N) is 4. The number of nitrogens with one attached hydrogen (secondary N) is 2. The number of aryl methyl sites for hydroxylation is 1. The maximum Gasteiger partial charge on any atom is 0.245 e. The van der Waals surface area contributed by atoms with Crippen molar-refractivity contribution in [2.45, 2.75) is 38.7 Å². The molecule has 0 bridgehead atoms. The zero-order chi connectivity index (χ0) is 19.3. The van der Waals surface area contributed by atoms with Crippen LogP contribution in [-0.4, -0.2) is 39.5 Å². The highest BCUT2D eigenvalue weighted by Crippen LogP contribution is 2.44. The summed E-state index contributed by atoms with van der Waals surface area (Å²) in [5.41, 5.74) is 5.99. The van der Waals surface area contributed by atoms with E-state index in [2.05, 4.69) is 25.5 Å². The Morgan fingerprint density at radius 2 is 2.18 bits per heavy atom. The molecule has 2 aromatic rings. The number of aromatic amines is 1. The monoisotopic (exact) mass is 386 g/mol. The van der Waals surface area contributed by atoms with Crippen molar-refractivity contribution in [3.63, 3.8) is 0 Å². The van der Waals surface area contributed by atoms with Crippen LogP contribution in [-0.2, 0) is 20.0 Å². The van der Waals surface area contributed by atoms with Crippen molar-refractivity contribution in [1.82, 2.24) is 25.3 Å². The van der Waals surface area contributed by atoms with E-state index in [0.29, 0.717) is 12.0 Å². The second-order valence-electron chi connectivity index (χ2n) is 7.81. The van der Waals surface area contributed by atoms with Crippen molar-refractivity contribution in [2.75, 3.05) is 18.0 Å². The second kappa shape index (κ2) is 6.84. The van der Waals surface area contributed by atoms with Crippen LogP contribution in [0.25, 0.3) is 5.57 Å². The number of H-pyrrole nitrogens is 1. The van der Waals surface area contributed by atoms with Crippen LogP contribution in [0, 0.1) is 5.92 Å². The lowest BCUT2D eigenvalue weighted by molar-refractivity contribution is 0.103. The minimum absolute atomic E-state index is 0.336. The van der Waals surface area contributed by atoms with Crippen molar-refractivity contribution < 1.29 is 8.78 Å². The van der Waals surface area contributed by atoms with Gasteiger partial charge >= 0.3 is 0 Å². The highest BCUT2D eigenvalue weighted by atomic mass is 19.3. The summed E-state index contributed by atoms with van der Waals surface area (Å²) in [5.74, 6) is 0.0806. The summed E-state index contributed by atoms with van der Waals surface area (Å²) in [4.78, 5) is 2.17. The van der Waals surface area contributed by atoms with Gasteiger partial charge in [0.25, 0.3) is 0 Å². The Morgan fingerprint density at radius 3 is 2.96 bits per heavy atom. The van der Waals surface area contributed by atoms with E-state index in [-0.39, 0.29) is 0 Å². The van der Waals surface area contributed by atoms with Gasteiger partial charge in [0.1, 0.15) is 0 Å². The Balaban J connectivity index is 1.57. The van der Waals surface area contributed by atoms with E-state index in [4.69, 9.17) is 0 Å². The molecule has 2 aliphatic heterocycles. The van der Waals surface area contributed by atoms with Gasteiger partial charge in [0.2, 0.25) is 6.43 Å². The molecule has 0 fully saturated rings. The first-order valence-electron chi connectivity index (χ1n) is 9.87. The van der Waals surface area contributed by atoms with Crippen molar-refractivity contribution >= 4 is 11.4 Å². The van der Waals surface area contributed by atoms with Crippen LogP contribution in [0.4, 0.5) is 14.6 Å². The van der Waals surface area contributed by atoms with Crippen LogP contribution in [0.15, 0.2) is 29.7 Å². The summed E-state index contributed by atoms with van der Waals surface area (Å²) in [6.07, 6.45) is 6.23. The fourth-order valence-electron chi connectivity index (χ4n) is 4.65. The number of rotatable bonds is 3. The lowest BCUT2D eigenvalue weighted by Gasteiger charge is -2.38. The van der Waals surface area contributed by atoms with Gasteiger partial charge < -0.3 is 10.2 Å². The Hall–Kier alpha value is -2.48. The van der Waals surface area contributed by atoms with E-state index < -0.39 is 12.3 Å². The van der Waals surface area contributed by atoms with E-state index in [0.717, 1.165) is 67.2 Å². The lowest BCUT2D eigenvalue weighted by Crippen LogP contribution is -2.34. The Bertz CT molecular complexity index is 954. The average molecular weight is 386 g/mol. The van der Waals surface area contributed by atoms with Gasteiger partial charge in [-0.15, -0.1) is 0 Å².